The van der Waals surface area contributed by atoms with Gasteiger partial charge in [-0.25, -0.2) is 0 Å². The number of aromatic nitrogens is 2. The van der Waals surface area contributed by atoms with E-state index in [-0.39, 0.29) is 18.5 Å². The highest BCUT2D eigenvalue weighted by Crippen LogP contribution is 2.29. The van der Waals surface area contributed by atoms with Crippen LogP contribution >= 0.6 is 23.2 Å². The Morgan fingerprint density at radius 3 is 2.55 bits per heavy atom. The number of amides is 1. The first-order chi connectivity index (χ1) is 10.4. The van der Waals surface area contributed by atoms with Gasteiger partial charge in [0, 0.05) is 34.4 Å². The van der Waals surface area contributed by atoms with Gasteiger partial charge < -0.3 is 10.4 Å². The van der Waals surface area contributed by atoms with E-state index in [1.54, 1.807) is 35.1 Å². The van der Waals surface area contributed by atoms with Gasteiger partial charge in [0.2, 0.25) is 0 Å². The van der Waals surface area contributed by atoms with Gasteiger partial charge in [-0.2, -0.15) is 5.10 Å². The first kappa shape index (κ1) is 16.8. The van der Waals surface area contributed by atoms with Crippen LogP contribution in [0, 0.1) is 0 Å². The zero-order valence-electron chi connectivity index (χ0n) is 12.3. The Kier molecular flexibility index (Phi) is 5.45. The van der Waals surface area contributed by atoms with Crippen LogP contribution in [0.25, 0.3) is 0 Å². The highest BCUT2D eigenvalue weighted by atomic mass is 35.5. The average molecular weight is 342 g/mol. The summed E-state index contributed by atoms with van der Waals surface area (Å²) in [5.41, 5.74) is 0.843. The van der Waals surface area contributed by atoms with Crippen LogP contribution in [0.5, 0.6) is 0 Å². The molecule has 1 amide bonds. The second-order valence-electron chi connectivity index (χ2n) is 5.12. The number of halogens is 2. The lowest BCUT2D eigenvalue weighted by molar-refractivity contribution is 0.0904. The molecule has 1 aromatic heterocycles. The van der Waals surface area contributed by atoms with Gasteiger partial charge in [-0.15, -0.1) is 0 Å². The quantitative estimate of drug-likeness (QED) is 0.877. The van der Waals surface area contributed by atoms with Crippen LogP contribution in [0.3, 0.4) is 0 Å². The number of nitrogens with one attached hydrogen (secondary N) is 1. The number of aliphatic hydroxyl groups is 1. The third kappa shape index (κ3) is 3.61. The highest BCUT2D eigenvalue weighted by Gasteiger charge is 2.18. The molecule has 0 saturated heterocycles. The normalized spacial score (nSPS) is 12.5. The van der Waals surface area contributed by atoms with Crippen molar-refractivity contribution in [3.8, 4) is 0 Å². The lowest BCUT2D eigenvalue weighted by atomic mass is 10.1. The molecule has 1 aromatic carbocycles. The van der Waals surface area contributed by atoms with Crippen LogP contribution in [0.2, 0.25) is 10.0 Å². The number of rotatable bonds is 5. The van der Waals surface area contributed by atoms with Crippen molar-refractivity contribution < 1.29 is 9.90 Å². The molecule has 0 aliphatic carbocycles. The number of hydrogen-bond donors (Lipinski definition) is 2. The fourth-order valence-corrected chi connectivity index (χ4v) is 2.77. The van der Waals surface area contributed by atoms with E-state index in [1.807, 2.05) is 13.8 Å². The fraction of sp³-hybridized carbons (Fsp3) is 0.333. The van der Waals surface area contributed by atoms with E-state index in [9.17, 15) is 9.90 Å². The minimum atomic E-state index is -0.986. The van der Waals surface area contributed by atoms with E-state index in [0.29, 0.717) is 21.3 Å². The van der Waals surface area contributed by atoms with Crippen LogP contribution in [0.4, 0.5) is 0 Å². The third-order valence-corrected chi connectivity index (χ3v) is 3.84. The molecule has 0 aliphatic rings. The molecule has 1 heterocycles. The summed E-state index contributed by atoms with van der Waals surface area (Å²) < 4.78 is 1.62. The number of aliphatic hydroxyl groups excluding tert-OH is 1. The van der Waals surface area contributed by atoms with E-state index < -0.39 is 6.10 Å². The maximum Gasteiger partial charge on any atom is 0.269 e. The van der Waals surface area contributed by atoms with Crippen molar-refractivity contribution in [3.05, 3.63) is 51.8 Å². The van der Waals surface area contributed by atoms with E-state index >= 15 is 0 Å². The first-order valence-electron chi connectivity index (χ1n) is 6.85. The molecular weight excluding hydrogens is 325 g/mol. The molecule has 7 heteroatoms. The van der Waals surface area contributed by atoms with E-state index in [1.165, 1.54) is 0 Å². The zero-order valence-corrected chi connectivity index (χ0v) is 13.8. The SMILES string of the molecule is CC(C)n1nccc1C(=O)NCC(O)c1c(Cl)cccc1Cl. The summed E-state index contributed by atoms with van der Waals surface area (Å²) in [5, 5.41) is 17.7. The second-order valence-corrected chi connectivity index (χ2v) is 5.93. The van der Waals surface area contributed by atoms with Gasteiger partial charge in [0.15, 0.2) is 0 Å². The number of hydrogen-bond acceptors (Lipinski definition) is 3. The van der Waals surface area contributed by atoms with Crippen LogP contribution in [-0.4, -0.2) is 27.3 Å². The zero-order chi connectivity index (χ0) is 16.3. The predicted molar refractivity (Wildman–Crippen MR) is 86.4 cm³/mol. The Hall–Kier alpha value is -1.56. The molecule has 0 saturated carbocycles. The highest BCUT2D eigenvalue weighted by molar-refractivity contribution is 6.36. The van der Waals surface area contributed by atoms with Gasteiger partial charge in [0.05, 0.1) is 6.10 Å². The van der Waals surface area contributed by atoms with Crippen LogP contribution in [-0.2, 0) is 0 Å². The van der Waals surface area contributed by atoms with Gasteiger partial charge in [-0.3, -0.25) is 9.48 Å². The molecular formula is C15H17Cl2N3O2. The minimum absolute atomic E-state index is 0.00552. The third-order valence-electron chi connectivity index (χ3n) is 3.18. The van der Waals surface area contributed by atoms with Crippen molar-refractivity contribution in [2.75, 3.05) is 6.54 Å². The summed E-state index contributed by atoms with van der Waals surface area (Å²) in [6.07, 6.45) is 0.580. The molecule has 0 bridgehead atoms. The van der Waals surface area contributed by atoms with Gasteiger partial charge in [-0.1, -0.05) is 29.3 Å². The lowest BCUT2D eigenvalue weighted by Crippen LogP contribution is -2.30. The van der Waals surface area contributed by atoms with Gasteiger partial charge >= 0.3 is 0 Å². The Morgan fingerprint density at radius 2 is 1.95 bits per heavy atom. The minimum Gasteiger partial charge on any atom is -0.386 e. The summed E-state index contributed by atoms with van der Waals surface area (Å²) in [7, 11) is 0. The molecule has 0 fully saturated rings. The van der Waals surface area contributed by atoms with Crippen molar-refractivity contribution in [1.29, 1.82) is 0 Å². The molecule has 0 spiro atoms. The fourth-order valence-electron chi connectivity index (χ4n) is 2.12. The van der Waals surface area contributed by atoms with Crippen molar-refractivity contribution in [2.45, 2.75) is 26.0 Å². The molecule has 2 aromatic rings. The average Bonchev–Trinajstić information content (AvgIpc) is 2.94. The number of nitrogens with zero attached hydrogens (tertiary/aromatic N) is 2. The number of carbonyl (C=O) groups excluding carboxylic acids is 1. The van der Waals surface area contributed by atoms with Crippen molar-refractivity contribution in [2.24, 2.45) is 0 Å². The van der Waals surface area contributed by atoms with Crippen LogP contribution in [0.1, 0.15) is 42.0 Å². The lowest BCUT2D eigenvalue weighted by Gasteiger charge is -2.16. The summed E-state index contributed by atoms with van der Waals surface area (Å²) in [5.74, 6) is -0.312. The first-order valence-corrected chi connectivity index (χ1v) is 7.61. The maximum absolute atomic E-state index is 12.2. The second kappa shape index (κ2) is 7.13. The molecule has 118 valence electrons. The Bertz CT molecular complexity index is 650. The number of carbonyl (C=O) groups is 1. The van der Waals surface area contributed by atoms with E-state index in [0.717, 1.165) is 0 Å². The van der Waals surface area contributed by atoms with Crippen molar-refractivity contribution in [3.63, 3.8) is 0 Å². The monoisotopic (exact) mass is 341 g/mol. The summed E-state index contributed by atoms with van der Waals surface area (Å²) in [6.45, 7) is 3.87. The standard InChI is InChI=1S/C15H17Cl2N3O2/c1-9(2)20-12(6-7-19-20)15(22)18-8-13(21)14-10(16)4-3-5-11(14)17/h3-7,9,13,21H,8H2,1-2H3,(H,18,22). The van der Waals surface area contributed by atoms with Gasteiger partial charge in [0.1, 0.15) is 5.69 Å². The maximum atomic E-state index is 12.2. The molecule has 0 radical (unpaired) electrons. The molecule has 2 rings (SSSR count). The topological polar surface area (TPSA) is 67.2 Å². The molecule has 22 heavy (non-hydrogen) atoms. The Labute approximate surface area is 138 Å². The Balaban J connectivity index is 2.06. The largest absolute Gasteiger partial charge is 0.386 e. The molecule has 1 unspecified atom stereocenters. The summed E-state index contributed by atoms with van der Waals surface area (Å²) >= 11 is 12.1. The smallest absolute Gasteiger partial charge is 0.269 e. The molecule has 5 nitrogen and oxygen atoms in total. The Morgan fingerprint density at radius 1 is 1.32 bits per heavy atom. The van der Waals surface area contributed by atoms with Gasteiger partial charge in [0.25, 0.3) is 5.91 Å². The summed E-state index contributed by atoms with van der Waals surface area (Å²) in [6, 6.07) is 6.67. The van der Waals surface area contributed by atoms with Crippen molar-refractivity contribution in [1.82, 2.24) is 15.1 Å². The van der Waals surface area contributed by atoms with E-state index in [2.05, 4.69) is 10.4 Å². The van der Waals surface area contributed by atoms with E-state index in [4.69, 9.17) is 23.2 Å². The van der Waals surface area contributed by atoms with Gasteiger partial charge in [-0.05, 0) is 32.0 Å². The van der Waals surface area contributed by atoms with Crippen LogP contribution in [0.15, 0.2) is 30.5 Å². The summed E-state index contributed by atoms with van der Waals surface area (Å²) in [4.78, 5) is 12.2. The molecule has 1 atom stereocenters. The van der Waals surface area contributed by atoms with Crippen LogP contribution < -0.4 is 5.32 Å². The molecule has 0 aliphatic heterocycles. The predicted octanol–water partition coefficient (Wildman–Crippen LogP) is 3.23. The number of benzene rings is 1. The van der Waals surface area contributed by atoms with Crippen molar-refractivity contribution >= 4 is 29.1 Å². The molecule has 2 N–H and O–H groups in total.